The molecule has 9 heteroatoms. The van der Waals surface area contributed by atoms with Gasteiger partial charge in [0.2, 0.25) is 0 Å². The van der Waals surface area contributed by atoms with E-state index in [0.29, 0.717) is 5.56 Å². The van der Waals surface area contributed by atoms with Gasteiger partial charge in [-0.3, -0.25) is 9.59 Å². The van der Waals surface area contributed by atoms with E-state index in [4.69, 9.17) is 9.47 Å². The van der Waals surface area contributed by atoms with Gasteiger partial charge in [0.1, 0.15) is 0 Å². The average Bonchev–Trinajstić information content (AvgIpc) is 2.60. The monoisotopic (exact) mass is 395 g/mol. The fourth-order valence-corrected chi connectivity index (χ4v) is 2.85. The lowest BCUT2D eigenvalue weighted by Crippen LogP contribution is -2.21. The summed E-state index contributed by atoms with van der Waals surface area (Å²) in [5.41, 5.74) is 0.635. The summed E-state index contributed by atoms with van der Waals surface area (Å²) >= 11 is 0. The molecule has 0 aliphatic rings. The van der Waals surface area contributed by atoms with Crippen molar-refractivity contribution in [2.45, 2.75) is 11.3 Å². The maximum absolute atomic E-state index is 13.6. The molecule has 0 radical (unpaired) electrons. The first kappa shape index (κ1) is 20.4. The molecule has 0 aliphatic heterocycles. The normalized spacial score (nSPS) is 10.9. The van der Waals surface area contributed by atoms with Gasteiger partial charge in [-0.1, -0.05) is 12.1 Å². The van der Waals surface area contributed by atoms with Crippen molar-refractivity contribution in [2.75, 3.05) is 25.3 Å². The summed E-state index contributed by atoms with van der Waals surface area (Å²) in [7, 11) is -2.08. The third kappa shape index (κ3) is 6.07. The van der Waals surface area contributed by atoms with Gasteiger partial charge >= 0.3 is 5.97 Å². The molecule has 2 aromatic rings. The zero-order valence-electron chi connectivity index (χ0n) is 14.7. The number of esters is 1. The first-order valence-electron chi connectivity index (χ1n) is 7.77. The highest BCUT2D eigenvalue weighted by Crippen LogP contribution is 2.18. The van der Waals surface area contributed by atoms with E-state index in [1.165, 1.54) is 43.5 Å². The van der Waals surface area contributed by atoms with Crippen LogP contribution >= 0.6 is 0 Å². The van der Waals surface area contributed by atoms with Crippen molar-refractivity contribution >= 4 is 27.4 Å². The van der Waals surface area contributed by atoms with Crippen molar-refractivity contribution < 1.29 is 31.9 Å². The molecule has 0 aromatic heterocycles. The minimum Gasteiger partial charge on any atom is -0.494 e. The number of amides is 1. The van der Waals surface area contributed by atoms with Gasteiger partial charge in [0, 0.05) is 11.9 Å². The van der Waals surface area contributed by atoms with Crippen molar-refractivity contribution in [3.8, 4) is 5.75 Å². The second kappa shape index (κ2) is 8.63. The molecule has 0 heterocycles. The number of benzene rings is 2. The van der Waals surface area contributed by atoms with E-state index in [-0.39, 0.29) is 22.8 Å². The number of carbonyl (C=O) groups is 2. The Labute approximate surface area is 156 Å². The van der Waals surface area contributed by atoms with Crippen molar-refractivity contribution in [1.29, 1.82) is 0 Å². The van der Waals surface area contributed by atoms with Gasteiger partial charge in [0.15, 0.2) is 28.0 Å². The van der Waals surface area contributed by atoms with Crippen LogP contribution in [0.2, 0.25) is 0 Å². The van der Waals surface area contributed by atoms with Crippen LogP contribution in [0.5, 0.6) is 5.75 Å². The molecule has 0 atom stereocenters. The number of rotatable bonds is 7. The zero-order valence-corrected chi connectivity index (χ0v) is 15.5. The van der Waals surface area contributed by atoms with Gasteiger partial charge in [-0.15, -0.1) is 0 Å². The Hall–Kier alpha value is -2.94. The number of halogens is 1. The standard InChI is InChI=1S/C18H18FNO6S/c1-25-16-7-6-12(8-15(16)19)9-18(22)26-11-17(21)20-13-4-3-5-14(10-13)27(2,23)24/h3-8,10H,9,11H2,1-2H3,(H,20,21). The molecule has 0 fully saturated rings. The number of nitrogens with one attached hydrogen (secondary N) is 1. The van der Waals surface area contributed by atoms with Crippen molar-refractivity contribution in [3.05, 3.63) is 53.8 Å². The highest BCUT2D eigenvalue weighted by molar-refractivity contribution is 7.90. The molecule has 0 bridgehead atoms. The van der Waals surface area contributed by atoms with E-state index in [0.717, 1.165) is 12.3 Å². The summed E-state index contributed by atoms with van der Waals surface area (Å²) in [5.74, 6) is -1.89. The minimum atomic E-state index is -3.41. The topological polar surface area (TPSA) is 98.8 Å². The third-order valence-corrected chi connectivity index (χ3v) is 4.59. The highest BCUT2D eigenvalue weighted by atomic mass is 32.2. The molecular formula is C18H18FNO6S. The molecule has 0 spiro atoms. The molecule has 0 saturated heterocycles. The molecule has 1 amide bonds. The van der Waals surface area contributed by atoms with Gasteiger partial charge < -0.3 is 14.8 Å². The van der Waals surface area contributed by atoms with Gasteiger partial charge in [0.25, 0.3) is 5.91 Å². The maximum atomic E-state index is 13.6. The van der Waals surface area contributed by atoms with E-state index >= 15 is 0 Å². The first-order valence-corrected chi connectivity index (χ1v) is 9.66. The summed E-state index contributed by atoms with van der Waals surface area (Å²) in [5, 5.41) is 2.44. The van der Waals surface area contributed by atoms with Crippen molar-refractivity contribution in [3.63, 3.8) is 0 Å². The second-order valence-corrected chi connectivity index (χ2v) is 7.67. The number of ether oxygens (including phenoxy) is 2. The average molecular weight is 395 g/mol. The largest absolute Gasteiger partial charge is 0.494 e. The molecule has 0 saturated carbocycles. The number of methoxy groups -OCH3 is 1. The number of hydrogen-bond acceptors (Lipinski definition) is 6. The van der Waals surface area contributed by atoms with Crippen molar-refractivity contribution in [2.24, 2.45) is 0 Å². The Kier molecular flexibility index (Phi) is 6.51. The Bertz CT molecular complexity index is 958. The lowest BCUT2D eigenvalue weighted by atomic mass is 10.1. The summed E-state index contributed by atoms with van der Waals surface area (Å²) in [6.45, 7) is -0.555. The van der Waals surface area contributed by atoms with E-state index < -0.39 is 34.1 Å². The van der Waals surface area contributed by atoms with E-state index in [9.17, 15) is 22.4 Å². The predicted octanol–water partition coefficient (Wildman–Crippen LogP) is 1.96. The fraction of sp³-hybridized carbons (Fsp3) is 0.222. The van der Waals surface area contributed by atoms with Gasteiger partial charge in [-0.2, -0.15) is 0 Å². The van der Waals surface area contributed by atoms with Crippen LogP contribution in [0.15, 0.2) is 47.4 Å². The lowest BCUT2D eigenvalue weighted by Gasteiger charge is -2.08. The van der Waals surface area contributed by atoms with E-state index in [1.807, 2.05) is 0 Å². The number of hydrogen-bond donors (Lipinski definition) is 1. The lowest BCUT2D eigenvalue weighted by molar-refractivity contribution is -0.146. The molecular weight excluding hydrogens is 377 g/mol. The van der Waals surface area contributed by atoms with Gasteiger partial charge in [-0.05, 0) is 35.9 Å². The fourth-order valence-electron chi connectivity index (χ4n) is 2.19. The third-order valence-electron chi connectivity index (χ3n) is 3.47. The summed E-state index contributed by atoms with van der Waals surface area (Å²) in [6.07, 6.45) is 0.843. The van der Waals surface area contributed by atoms with Crippen LogP contribution in [-0.4, -0.2) is 40.3 Å². The van der Waals surface area contributed by atoms with E-state index in [2.05, 4.69) is 5.32 Å². The van der Waals surface area contributed by atoms with Crippen molar-refractivity contribution in [1.82, 2.24) is 0 Å². The summed E-state index contributed by atoms with van der Waals surface area (Å²) in [4.78, 5) is 23.7. The second-order valence-electron chi connectivity index (χ2n) is 5.65. The van der Waals surface area contributed by atoms with E-state index in [1.54, 1.807) is 0 Å². The van der Waals surface area contributed by atoms with Gasteiger partial charge in [0.05, 0.1) is 18.4 Å². The Balaban J connectivity index is 1.88. The number of carbonyl (C=O) groups excluding carboxylic acids is 2. The Morgan fingerprint density at radius 3 is 2.52 bits per heavy atom. The first-order chi connectivity index (χ1) is 12.7. The molecule has 2 aromatic carbocycles. The Morgan fingerprint density at radius 2 is 1.89 bits per heavy atom. The zero-order chi connectivity index (χ0) is 20.0. The molecule has 7 nitrogen and oxygen atoms in total. The van der Waals surface area contributed by atoms with Crippen LogP contribution in [0.1, 0.15) is 5.56 Å². The Morgan fingerprint density at radius 1 is 1.15 bits per heavy atom. The number of sulfone groups is 1. The van der Waals surface area contributed by atoms with Crippen LogP contribution in [0.3, 0.4) is 0 Å². The highest BCUT2D eigenvalue weighted by Gasteiger charge is 2.12. The maximum Gasteiger partial charge on any atom is 0.310 e. The van der Waals surface area contributed by atoms with Gasteiger partial charge in [-0.25, -0.2) is 12.8 Å². The molecule has 0 unspecified atom stereocenters. The SMILES string of the molecule is COc1ccc(CC(=O)OCC(=O)Nc2cccc(S(C)(=O)=O)c2)cc1F. The molecule has 0 aliphatic carbocycles. The molecule has 2 rings (SSSR count). The molecule has 144 valence electrons. The van der Waals surface area contributed by atoms with Crippen LogP contribution in [0.25, 0.3) is 0 Å². The quantitative estimate of drug-likeness (QED) is 0.720. The smallest absolute Gasteiger partial charge is 0.310 e. The van der Waals surface area contributed by atoms with Crippen LogP contribution in [0.4, 0.5) is 10.1 Å². The minimum absolute atomic E-state index is 0.0545. The summed E-state index contributed by atoms with van der Waals surface area (Å²) in [6, 6.07) is 9.75. The summed E-state index contributed by atoms with van der Waals surface area (Å²) < 4.78 is 46.2. The van der Waals surface area contributed by atoms with Crippen LogP contribution in [-0.2, 0) is 30.6 Å². The van der Waals surface area contributed by atoms with Crippen LogP contribution < -0.4 is 10.1 Å². The molecule has 27 heavy (non-hydrogen) atoms. The molecule has 1 N–H and O–H groups in total. The number of anilines is 1. The predicted molar refractivity (Wildman–Crippen MR) is 95.8 cm³/mol. The van der Waals surface area contributed by atoms with Crippen LogP contribution in [0, 0.1) is 5.82 Å².